The molecule has 3 N–H and O–H groups in total. The second kappa shape index (κ2) is 64.4. The van der Waals surface area contributed by atoms with Crippen LogP contribution in [0.15, 0.2) is 0 Å². The van der Waals surface area contributed by atoms with Crippen molar-refractivity contribution in [3.05, 3.63) is 0 Å². The van der Waals surface area contributed by atoms with Gasteiger partial charge in [-0.1, -0.05) is 317 Å². The Balaban J connectivity index is 5.19. The molecule has 0 amide bonds. The zero-order chi connectivity index (χ0) is 66.3. The summed E-state index contributed by atoms with van der Waals surface area (Å²) in [6.07, 6.45) is 51.4. The van der Waals surface area contributed by atoms with Gasteiger partial charge in [-0.25, -0.2) is 9.13 Å². The third kappa shape index (κ3) is 64.8. The number of rotatable bonds is 71. The zero-order valence-electron chi connectivity index (χ0n) is 58.3. The van der Waals surface area contributed by atoms with Gasteiger partial charge in [0.25, 0.3) is 0 Å². The predicted octanol–water partition coefficient (Wildman–Crippen LogP) is 20.5. The Morgan fingerprint density at radius 2 is 0.511 bits per heavy atom. The van der Waals surface area contributed by atoms with Gasteiger partial charge < -0.3 is 33.8 Å². The van der Waals surface area contributed by atoms with Crippen LogP contribution in [-0.2, 0) is 65.4 Å². The molecule has 0 spiro atoms. The van der Waals surface area contributed by atoms with Crippen molar-refractivity contribution in [1.29, 1.82) is 0 Å². The highest BCUT2D eigenvalue weighted by atomic mass is 31.2. The fraction of sp³-hybridized carbons (Fsp3) is 0.944. The fourth-order valence-electron chi connectivity index (χ4n) is 10.8. The molecule has 0 saturated carbocycles. The number of hydrogen-bond acceptors (Lipinski definition) is 15. The van der Waals surface area contributed by atoms with E-state index in [1.165, 1.54) is 186 Å². The van der Waals surface area contributed by atoms with Crippen molar-refractivity contribution in [2.75, 3.05) is 39.6 Å². The van der Waals surface area contributed by atoms with Crippen molar-refractivity contribution in [3.8, 4) is 0 Å². The SMILES string of the molecule is CCCCCCCCCCCCCCCCCCCC(=O)O[C@H](COC(=O)CCCCCCCCCCCCCCCC(C)C)COP(=O)(O)OC[C@@H](O)COP(=O)(O)OC[C@@H](COC(=O)CCCCCCCCCC)OC(=O)CCCCCCCCCCC. The van der Waals surface area contributed by atoms with E-state index in [9.17, 15) is 43.2 Å². The Hall–Kier alpha value is -1.94. The van der Waals surface area contributed by atoms with Crippen molar-refractivity contribution in [2.45, 2.75) is 387 Å². The van der Waals surface area contributed by atoms with Gasteiger partial charge in [0.1, 0.15) is 19.3 Å². The number of hydrogen-bond donors (Lipinski definition) is 3. The zero-order valence-corrected chi connectivity index (χ0v) is 60.1. The van der Waals surface area contributed by atoms with E-state index in [2.05, 4.69) is 34.6 Å². The Morgan fingerprint density at radius 1 is 0.300 bits per heavy atom. The number of carbonyl (C=O) groups is 4. The third-order valence-electron chi connectivity index (χ3n) is 16.5. The average molecular weight is 1330 g/mol. The van der Waals surface area contributed by atoms with Gasteiger partial charge in [-0.05, 0) is 31.6 Å². The van der Waals surface area contributed by atoms with E-state index in [1.807, 2.05) is 0 Å². The maximum Gasteiger partial charge on any atom is 0.472 e. The molecule has 90 heavy (non-hydrogen) atoms. The molecular weight excluding hydrogens is 1190 g/mol. The predicted molar refractivity (Wildman–Crippen MR) is 363 cm³/mol. The molecule has 0 fully saturated rings. The highest BCUT2D eigenvalue weighted by Crippen LogP contribution is 2.45. The van der Waals surface area contributed by atoms with Crippen LogP contribution in [-0.4, -0.2) is 96.7 Å². The fourth-order valence-corrected chi connectivity index (χ4v) is 12.4. The van der Waals surface area contributed by atoms with Gasteiger partial charge in [0, 0.05) is 25.7 Å². The van der Waals surface area contributed by atoms with Crippen molar-refractivity contribution < 1.29 is 80.2 Å². The Morgan fingerprint density at radius 3 is 0.756 bits per heavy atom. The molecule has 0 aliphatic heterocycles. The Kier molecular flexibility index (Phi) is 63.0. The van der Waals surface area contributed by atoms with Crippen LogP contribution in [0.5, 0.6) is 0 Å². The van der Waals surface area contributed by atoms with Crippen LogP contribution in [0.4, 0.5) is 0 Å². The molecule has 0 rings (SSSR count). The van der Waals surface area contributed by atoms with Gasteiger partial charge >= 0.3 is 39.5 Å². The van der Waals surface area contributed by atoms with Crippen LogP contribution in [0.25, 0.3) is 0 Å². The summed E-state index contributed by atoms with van der Waals surface area (Å²) >= 11 is 0. The van der Waals surface area contributed by atoms with E-state index in [4.69, 9.17) is 37.0 Å². The maximum absolute atomic E-state index is 13.0. The lowest BCUT2D eigenvalue weighted by molar-refractivity contribution is -0.161. The van der Waals surface area contributed by atoms with Crippen molar-refractivity contribution in [2.24, 2.45) is 5.92 Å². The third-order valence-corrected chi connectivity index (χ3v) is 18.4. The summed E-state index contributed by atoms with van der Waals surface area (Å²) in [6, 6.07) is 0. The minimum absolute atomic E-state index is 0.106. The molecule has 0 aliphatic carbocycles. The minimum atomic E-state index is -4.95. The molecule has 17 nitrogen and oxygen atoms in total. The van der Waals surface area contributed by atoms with E-state index in [1.54, 1.807) is 0 Å². The number of aliphatic hydroxyl groups excluding tert-OH is 1. The van der Waals surface area contributed by atoms with Crippen molar-refractivity contribution in [3.63, 3.8) is 0 Å². The number of carbonyl (C=O) groups excluding carboxylic acids is 4. The van der Waals surface area contributed by atoms with Crippen molar-refractivity contribution >= 4 is 39.5 Å². The molecule has 0 heterocycles. The van der Waals surface area contributed by atoms with E-state index in [0.29, 0.717) is 25.7 Å². The number of unbranched alkanes of at least 4 members (excludes halogenated alkanes) is 43. The van der Waals surface area contributed by atoms with Crippen LogP contribution >= 0.6 is 15.6 Å². The van der Waals surface area contributed by atoms with Crippen LogP contribution in [0.2, 0.25) is 0 Å². The van der Waals surface area contributed by atoms with Gasteiger partial charge in [0.2, 0.25) is 0 Å². The summed E-state index contributed by atoms with van der Waals surface area (Å²) in [5.74, 6) is -1.33. The summed E-state index contributed by atoms with van der Waals surface area (Å²) in [5.41, 5.74) is 0. The highest BCUT2D eigenvalue weighted by molar-refractivity contribution is 7.47. The molecule has 534 valence electrons. The summed E-state index contributed by atoms with van der Waals surface area (Å²) < 4.78 is 68.2. The molecule has 2 unspecified atom stereocenters. The molecule has 0 aromatic heterocycles. The molecular formula is C71H138O17P2. The van der Waals surface area contributed by atoms with E-state index < -0.39 is 97.5 Å². The topological polar surface area (TPSA) is 237 Å². The second-order valence-corrected chi connectivity index (χ2v) is 29.0. The molecule has 0 aromatic carbocycles. The first-order valence-corrected chi connectivity index (χ1v) is 40.1. The van der Waals surface area contributed by atoms with Crippen LogP contribution < -0.4 is 0 Å². The van der Waals surface area contributed by atoms with Crippen molar-refractivity contribution in [1.82, 2.24) is 0 Å². The summed E-state index contributed by atoms with van der Waals surface area (Å²) in [7, 11) is -9.89. The molecule has 0 aromatic rings. The summed E-state index contributed by atoms with van der Waals surface area (Å²) in [5, 5.41) is 10.6. The van der Waals surface area contributed by atoms with E-state index in [-0.39, 0.29) is 25.7 Å². The quantitative estimate of drug-likeness (QED) is 0.0222. The number of esters is 4. The van der Waals surface area contributed by atoms with E-state index >= 15 is 0 Å². The molecule has 5 atom stereocenters. The van der Waals surface area contributed by atoms with Gasteiger partial charge in [-0.2, -0.15) is 0 Å². The van der Waals surface area contributed by atoms with Gasteiger partial charge in [0.15, 0.2) is 12.2 Å². The molecule has 0 aliphatic rings. The lowest BCUT2D eigenvalue weighted by Crippen LogP contribution is -2.30. The summed E-state index contributed by atoms with van der Waals surface area (Å²) in [4.78, 5) is 72.4. The second-order valence-electron chi connectivity index (χ2n) is 26.1. The maximum atomic E-state index is 13.0. The minimum Gasteiger partial charge on any atom is -0.462 e. The first kappa shape index (κ1) is 88.1. The van der Waals surface area contributed by atoms with Crippen LogP contribution in [0.1, 0.15) is 369 Å². The largest absolute Gasteiger partial charge is 0.472 e. The normalized spacial score (nSPS) is 14.1. The molecule has 0 bridgehead atoms. The van der Waals surface area contributed by atoms with Gasteiger partial charge in [0.05, 0.1) is 26.4 Å². The monoisotopic (exact) mass is 1320 g/mol. The lowest BCUT2D eigenvalue weighted by atomic mass is 10.0. The molecule has 19 heteroatoms. The molecule has 0 radical (unpaired) electrons. The lowest BCUT2D eigenvalue weighted by Gasteiger charge is -2.21. The standard InChI is InChI=1S/C71H138O17P2/c1-6-9-12-15-18-21-22-23-24-25-26-29-33-37-42-47-52-57-71(76)88-67(61-82-69(74)55-50-45-40-36-32-30-27-28-31-35-38-43-48-53-64(4)5)63-86-90(79,80)84-59-65(72)58-83-89(77,78)85-62-66(60-81-68(73)54-49-44-39-20-17-14-11-8-3)87-70(75)56-51-46-41-34-19-16-13-10-7-2/h64-67,72H,6-63H2,1-5H3,(H,77,78)(H,79,80)/t65-,66+,67+/m0/s1. The number of ether oxygens (including phenoxy) is 4. The van der Waals surface area contributed by atoms with Crippen LogP contribution in [0, 0.1) is 5.92 Å². The van der Waals surface area contributed by atoms with Crippen LogP contribution in [0.3, 0.4) is 0 Å². The van der Waals surface area contributed by atoms with Gasteiger partial charge in [-0.15, -0.1) is 0 Å². The molecule has 0 saturated heterocycles. The first-order chi connectivity index (χ1) is 43.5. The number of aliphatic hydroxyl groups is 1. The Labute approximate surface area is 549 Å². The summed E-state index contributed by atoms with van der Waals surface area (Å²) in [6.45, 7) is 7.23. The van der Waals surface area contributed by atoms with Gasteiger partial charge in [-0.3, -0.25) is 37.3 Å². The highest BCUT2D eigenvalue weighted by Gasteiger charge is 2.30. The first-order valence-electron chi connectivity index (χ1n) is 37.1. The smallest absolute Gasteiger partial charge is 0.462 e. The van der Waals surface area contributed by atoms with E-state index in [0.717, 1.165) is 102 Å². The average Bonchev–Trinajstić information content (AvgIpc) is 3.72. The number of phosphoric acid groups is 2. The Bertz CT molecular complexity index is 1740. The number of phosphoric ester groups is 2.